The van der Waals surface area contributed by atoms with Crippen molar-refractivity contribution in [2.45, 2.75) is 12.8 Å². The fraction of sp³-hybridized carbons (Fsp3) is 0.167. The Hall–Kier alpha value is -2.95. The Morgan fingerprint density at radius 1 is 1.09 bits per heavy atom. The molecule has 0 aliphatic carbocycles. The maximum absolute atomic E-state index is 12.6. The summed E-state index contributed by atoms with van der Waals surface area (Å²) in [5, 5.41) is 5.40. The fourth-order valence-electron chi connectivity index (χ4n) is 2.70. The van der Waals surface area contributed by atoms with Crippen molar-refractivity contribution in [1.82, 2.24) is 5.32 Å². The lowest BCUT2D eigenvalue weighted by Crippen LogP contribution is -2.22. The van der Waals surface area contributed by atoms with E-state index in [9.17, 15) is 14.4 Å². The molecule has 0 aromatic heterocycles. The molecule has 1 heterocycles. The van der Waals surface area contributed by atoms with E-state index in [0.717, 1.165) is 0 Å². The van der Waals surface area contributed by atoms with E-state index in [2.05, 4.69) is 10.6 Å². The van der Waals surface area contributed by atoms with Crippen molar-refractivity contribution in [3.63, 3.8) is 0 Å². The molecule has 0 radical (unpaired) electrons. The molecule has 0 saturated heterocycles. The fourth-order valence-corrected chi connectivity index (χ4v) is 2.70. The molecular weight excluding hydrogens is 292 g/mol. The van der Waals surface area contributed by atoms with E-state index in [0.29, 0.717) is 28.9 Å². The highest BCUT2D eigenvalue weighted by atomic mass is 16.2. The lowest BCUT2D eigenvalue weighted by Gasteiger charge is -2.08. The third-order valence-corrected chi connectivity index (χ3v) is 3.80. The van der Waals surface area contributed by atoms with Gasteiger partial charge in [0.25, 0.3) is 5.91 Å². The molecule has 5 nitrogen and oxygen atoms in total. The number of ketones is 1. The van der Waals surface area contributed by atoms with E-state index in [-0.39, 0.29) is 17.6 Å². The second-order valence-corrected chi connectivity index (χ2v) is 5.31. The third kappa shape index (κ3) is 2.73. The molecule has 116 valence electrons. The average Bonchev–Trinajstić information content (AvgIpc) is 2.90. The Labute approximate surface area is 133 Å². The summed E-state index contributed by atoms with van der Waals surface area (Å²) in [5.74, 6) is -1.67. The van der Waals surface area contributed by atoms with Crippen LogP contribution in [0.2, 0.25) is 0 Å². The minimum Gasteiger partial charge on any atom is -0.352 e. The van der Waals surface area contributed by atoms with Crippen LogP contribution < -0.4 is 10.6 Å². The Morgan fingerprint density at radius 2 is 1.83 bits per heavy atom. The smallest absolute Gasteiger partial charge is 0.251 e. The minimum absolute atomic E-state index is 0.206. The molecule has 3 rings (SSSR count). The van der Waals surface area contributed by atoms with Crippen LogP contribution in [0.3, 0.4) is 0 Å². The summed E-state index contributed by atoms with van der Waals surface area (Å²) in [5.41, 5.74) is 2.08. The van der Waals surface area contributed by atoms with Gasteiger partial charge in [0, 0.05) is 23.4 Å². The van der Waals surface area contributed by atoms with Gasteiger partial charge in [-0.05, 0) is 24.6 Å². The number of Topliss-reactive ketones (excluding diaryl/α,β-unsaturated/α-hetero) is 1. The second kappa shape index (κ2) is 6.04. The van der Waals surface area contributed by atoms with Crippen molar-refractivity contribution in [2.75, 3.05) is 11.9 Å². The highest BCUT2D eigenvalue weighted by molar-refractivity contribution is 6.22. The first-order chi connectivity index (χ1) is 11.1. The van der Waals surface area contributed by atoms with Crippen LogP contribution in [0.15, 0.2) is 48.5 Å². The molecule has 0 fully saturated rings. The van der Waals surface area contributed by atoms with Crippen LogP contribution in [0, 0.1) is 0 Å². The zero-order valence-electron chi connectivity index (χ0n) is 12.6. The van der Waals surface area contributed by atoms with Gasteiger partial charge in [-0.3, -0.25) is 14.4 Å². The molecule has 0 spiro atoms. The molecule has 1 aliphatic heterocycles. The van der Waals surface area contributed by atoms with Crippen LogP contribution in [0.25, 0.3) is 0 Å². The van der Waals surface area contributed by atoms with Crippen molar-refractivity contribution in [3.05, 3.63) is 65.2 Å². The van der Waals surface area contributed by atoms with Crippen molar-refractivity contribution >= 4 is 23.3 Å². The lowest BCUT2D eigenvalue weighted by atomic mass is 9.91. The molecule has 5 heteroatoms. The Morgan fingerprint density at radius 3 is 2.52 bits per heavy atom. The van der Waals surface area contributed by atoms with Crippen molar-refractivity contribution in [3.8, 4) is 0 Å². The Bertz CT molecular complexity index is 784. The average molecular weight is 308 g/mol. The van der Waals surface area contributed by atoms with E-state index < -0.39 is 5.92 Å². The molecule has 23 heavy (non-hydrogen) atoms. The van der Waals surface area contributed by atoms with Gasteiger partial charge in [-0.1, -0.05) is 36.4 Å². The van der Waals surface area contributed by atoms with Gasteiger partial charge in [-0.2, -0.15) is 0 Å². The maximum Gasteiger partial charge on any atom is 0.251 e. The topological polar surface area (TPSA) is 75.3 Å². The molecule has 1 unspecified atom stereocenters. The van der Waals surface area contributed by atoms with E-state index in [1.54, 1.807) is 42.5 Å². The van der Waals surface area contributed by atoms with Gasteiger partial charge >= 0.3 is 0 Å². The van der Waals surface area contributed by atoms with E-state index >= 15 is 0 Å². The summed E-state index contributed by atoms with van der Waals surface area (Å²) in [7, 11) is 0. The number of hydrogen-bond donors (Lipinski definition) is 2. The number of rotatable bonds is 4. The minimum atomic E-state index is -0.865. The quantitative estimate of drug-likeness (QED) is 0.672. The molecule has 2 aromatic carbocycles. The zero-order valence-corrected chi connectivity index (χ0v) is 12.6. The molecule has 1 aliphatic rings. The number of nitrogens with one attached hydrogen (secondary N) is 2. The van der Waals surface area contributed by atoms with Gasteiger partial charge in [0.05, 0.1) is 0 Å². The molecule has 0 bridgehead atoms. The predicted octanol–water partition coefficient (Wildman–Crippen LogP) is 2.35. The summed E-state index contributed by atoms with van der Waals surface area (Å²) in [6.45, 7) is 2.36. The van der Waals surface area contributed by atoms with Gasteiger partial charge < -0.3 is 10.6 Å². The molecule has 1 atom stereocenters. The number of hydrogen-bond acceptors (Lipinski definition) is 3. The summed E-state index contributed by atoms with van der Waals surface area (Å²) >= 11 is 0. The van der Waals surface area contributed by atoms with Crippen molar-refractivity contribution in [1.29, 1.82) is 0 Å². The van der Waals surface area contributed by atoms with Crippen LogP contribution in [0.1, 0.15) is 39.1 Å². The van der Waals surface area contributed by atoms with Crippen molar-refractivity contribution < 1.29 is 14.4 Å². The number of anilines is 1. The number of benzene rings is 2. The highest BCUT2D eigenvalue weighted by Gasteiger charge is 2.37. The van der Waals surface area contributed by atoms with E-state index in [1.165, 1.54) is 0 Å². The largest absolute Gasteiger partial charge is 0.352 e. The second-order valence-electron chi connectivity index (χ2n) is 5.31. The summed E-state index contributed by atoms with van der Waals surface area (Å²) in [6, 6.07) is 13.6. The summed E-state index contributed by atoms with van der Waals surface area (Å²) in [6.07, 6.45) is 0. The maximum atomic E-state index is 12.6. The van der Waals surface area contributed by atoms with E-state index in [1.807, 2.05) is 13.0 Å². The SMILES string of the molecule is CCNC(=O)c1ccc2c(c1)NC(=O)C2C(=O)c1ccccc1. The molecule has 0 saturated carbocycles. The number of carbonyl (C=O) groups is 3. The van der Waals surface area contributed by atoms with Crippen LogP contribution in [0.5, 0.6) is 0 Å². The third-order valence-electron chi connectivity index (χ3n) is 3.80. The summed E-state index contributed by atoms with van der Waals surface area (Å²) < 4.78 is 0. The van der Waals surface area contributed by atoms with Crippen LogP contribution in [-0.4, -0.2) is 24.1 Å². The lowest BCUT2D eigenvalue weighted by molar-refractivity contribution is -0.116. The van der Waals surface area contributed by atoms with Crippen LogP contribution in [-0.2, 0) is 4.79 Å². The highest BCUT2D eigenvalue weighted by Crippen LogP contribution is 2.35. The van der Waals surface area contributed by atoms with E-state index in [4.69, 9.17) is 0 Å². The molecule has 2 amide bonds. The van der Waals surface area contributed by atoms with Gasteiger partial charge in [0.2, 0.25) is 5.91 Å². The van der Waals surface area contributed by atoms with Gasteiger partial charge in [0.1, 0.15) is 5.92 Å². The number of fused-ring (bicyclic) bond motifs is 1. The molecule has 2 aromatic rings. The number of carbonyl (C=O) groups excluding carboxylic acids is 3. The van der Waals surface area contributed by atoms with Gasteiger partial charge in [-0.15, -0.1) is 0 Å². The Kier molecular flexibility index (Phi) is 3.93. The first-order valence-electron chi connectivity index (χ1n) is 7.44. The first kappa shape index (κ1) is 15.0. The van der Waals surface area contributed by atoms with Crippen molar-refractivity contribution in [2.24, 2.45) is 0 Å². The Balaban J connectivity index is 1.94. The zero-order chi connectivity index (χ0) is 16.4. The molecule has 2 N–H and O–H groups in total. The summed E-state index contributed by atoms with van der Waals surface area (Å²) in [4.78, 5) is 36.7. The van der Waals surface area contributed by atoms with Crippen LogP contribution >= 0.6 is 0 Å². The number of amides is 2. The monoisotopic (exact) mass is 308 g/mol. The molecular formula is C18H16N2O3. The van der Waals surface area contributed by atoms with Gasteiger partial charge in [0.15, 0.2) is 5.78 Å². The standard InChI is InChI=1S/C18H16N2O3/c1-2-19-17(22)12-8-9-13-14(10-12)20-18(23)15(13)16(21)11-6-4-3-5-7-11/h3-10,15H,2H2,1H3,(H,19,22)(H,20,23). The van der Waals surface area contributed by atoms with Gasteiger partial charge in [-0.25, -0.2) is 0 Å². The predicted molar refractivity (Wildman–Crippen MR) is 86.6 cm³/mol. The van der Waals surface area contributed by atoms with Crippen LogP contribution in [0.4, 0.5) is 5.69 Å². The first-order valence-corrected chi connectivity index (χ1v) is 7.44. The normalized spacial score (nSPS) is 15.7.